The molecule has 2 aliphatic rings. The Bertz CT molecular complexity index is 2830. The second kappa shape index (κ2) is 11.0. The Kier molecular flexibility index (Phi) is 6.08. The zero-order valence-corrected chi connectivity index (χ0v) is 27.9. The zero-order chi connectivity index (χ0) is 33.5. The van der Waals surface area contributed by atoms with Crippen LogP contribution in [0.1, 0.15) is 11.5 Å². The monoisotopic (exact) mass is 651 g/mol. The standard InChI is InChI=1S/C48H33N3/c1-2-16-33(17-3-1)49-43-27-12-7-22-38(43)47-45(49)29-30-46-48(47)39-23-8-13-28-44(39)51(46)40-24-9-4-19-35(40)32-15-14-18-34(31-32)50-41-25-10-5-20-36(41)37-21-6-11-26-42(37)50/h1-31,39,44H. The lowest BCUT2D eigenvalue weighted by molar-refractivity contribution is 0.748. The largest absolute Gasteiger partial charge is 0.333 e. The number of nitrogens with zero attached hydrogens (tertiary/aromatic N) is 3. The molecule has 51 heavy (non-hydrogen) atoms. The topological polar surface area (TPSA) is 13.1 Å². The van der Waals surface area contributed by atoms with E-state index < -0.39 is 0 Å². The Hall–Kier alpha value is -6.58. The lowest BCUT2D eigenvalue weighted by atomic mass is 9.88. The van der Waals surface area contributed by atoms with Crippen molar-refractivity contribution in [2.24, 2.45) is 0 Å². The molecule has 0 spiro atoms. The summed E-state index contributed by atoms with van der Waals surface area (Å²) >= 11 is 0. The van der Waals surface area contributed by atoms with E-state index in [4.69, 9.17) is 0 Å². The fourth-order valence-corrected chi connectivity index (χ4v) is 8.98. The third kappa shape index (κ3) is 4.06. The molecule has 3 heterocycles. The van der Waals surface area contributed by atoms with Crippen molar-refractivity contribution in [3.63, 3.8) is 0 Å². The molecule has 1 aliphatic carbocycles. The molecular formula is C48H33N3. The average molecular weight is 652 g/mol. The van der Waals surface area contributed by atoms with Crippen molar-refractivity contribution in [1.82, 2.24) is 9.13 Å². The van der Waals surface area contributed by atoms with Gasteiger partial charge >= 0.3 is 0 Å². The summed E-state index contributed by atoms with van der Waals surface area (Å²) in [6, 6.07) is 60.0. The van der Waals surface area contributed by atoms with Gasteiger partial charge in [0.25, 0.3) is 0 Å². The van der Waals surface area contributed by atoms with Gasteiger partial charge in [0, 0.05) is 55.8 Å². The molecule has 0 fully saturated rings. The van der Waals surface area contributed by atoms with E-state index in [0.29, 0.717) is 0 Å². The van der Waals surface area contributed by atoms with Gasteiger partial charge in [-0.05, 0) is 71.8 Å². The number of hydrogen-bond donors (Lipinski definition) is 0. The van der Waals surface area contributed by atoms with E-state index >= 15 is 0 Å². The van der Waals surface area contributed by atoms with Gasteiger partial charge in [0.05, 0.1) is 28.1 Å². The van der Waals surface area contributed by atoms with Crippen LogP contribution in [0.25, 0.3) is 66.1 Å². The summed E-state index contributed by atoms with van der Waals surface area (Å²) in [6.07, 6.45) is 9.24. The first-order valence-corrected chi connectivity index (χ1v) is 17.8. The van der Waals surface area contributed by atoms with Crippen LogP contribution in [-0.2, 0) is 0 Å². The van der Waals surface area contributed by atoms with Crippen LogP contribution < -0.4 is 4.90 Å². The van der Waals surface area contributed by atoms with Gasteiger partial charge in [-0.3, -0.25) is 0 Å². The van der Waals surface area contributed by atoms with Crippen LogP contribution in [0, 0.1) is 0 Å². The summed E-state index contributed by atoms with van der Waals surface area (Å²) in [5.41, 5.74) is 13.6. The van der Waals surface area contributed by atoms with Crippen LogP contribution in [0.2, 0.25) is 0 Å². The molecule has 0 amide bonds. The maximum absolute atomic E-state index is 2.59. The molecule has 240 valence electrons. The van der Waals surface area contributed by atoms with Gasteiger partial charge in [-0.15, -0.1) is 0 Å². The molecule has 1 aliphatic heterocycles. The quantitative estimate of drug-likeness (QED) is 0.185. The first-order chi connectivity index (χ1) is 25.3. The van der Waals surface area contributed by atoms with Crippen molar-refractivity contribution in [2.75, 3.05) is 4.90 Å². The van der Waals surface area contributed by atoms with Crippen molar-refractivity contribution in [2.45, 2.75) is 12.0 Å². The molecule has 0 saturated heterocycles. The van der Waals surface area contributed by atoms with E-state index in [9.17, 15) is 0 Å². The number of hydrogen-bond acceptors (Lipinski definition) is 1. The van der Waals surface area contributed by atoms with E-state index in [1.54, 1.807) is 0 Å². The summed E-state index contributed by atoms with van der Waals surface area (Å²) in [4.78, 5) is 2.59. The van der Waals surface area contributed by atoms with E-state index in [1.807, 2.05) is 0 Å². The van der Waals surface area contributed by atoms with E-state index in [1.165, 1.54) is 77.4 Å². The fraction of sp³-hybridized carbons (Fsp3) is 0.0417. The Morgan fingerprint density at radius 1 is 0.412 bits per heavy atom. The number of anilines is 2. The van der Waals surface area contributed by atoms with Crippen LogP contribution in [0.15, 0.2) is 188 Å². The van der Waals surface area contributed by atoms with Gasteiger partial charge in [-0.2, -0.15) is 0 Å². The molecule has 0 bridgehead atoms. The van der Waals surface area contributed by atoms with Crippen molar-refractivity contribution >= 4 is 55.0 Å². The molecule has 3 heteroatoms. The summed E-state index contributed by atoms with van der Waals surface area (Å²) in [5.74, 6) is 0.223. The Morgan fingerprint density at radius 3 is 1.80 bits per heavy atom. The molecule has 2 aromatic heterocycles. The van der Waals surface area contributed by atoms with Crippen LogP contribution in [0.3, 0.4) is 0 Å². The minimum Gasteiger partial charge on any atom is -0.333 e. The van der Waals surface area contributed by atoms with Crippen molar-refractivity contribution in [3.05, 3.63) is 194 Å². The van der Waals surface area contributed by atoms with Crippen molar-refractivity contribution < 1.29 is 0 Å². The number of aromatic nitrogens is 2. The first-order valence-electron chi connectivity index (χ1n) is 17.8. The van der Waals surface area contributed by atoms with Gasteiger partial charge < -0.3 is 14.0 Å². The maximum Gasteiger partial charge on any atom is 0.0630 e. The van der Waals surface area contributed by atoms with Crippen molar-refractivity contribution in [3.8, 4) is 22.5 Å². The molecule has 7 aromatic carbocycles. The molecule has 0 radical (unpaired) electrons. The Balaban J connectivity index is 1.12. The van der Waals surface area contributed by atoms with Gasteiger partial charge in [-0.25, -0.2) is 0 Å². The fourth-order valence-electron chi connectivity index (χ4n) is 8.98. The third-order valence-corrected chi connectivity index (χ3v) is 11.0. The SMILES string of the molecule is C1=CC2c3c(ccc4c3c3ccccc3n4-c3ccccc3)N(c3ccccc3-c3cccc(-n4c5ccccc5c5ccccc54)c3)C2C=C1. The summed E-state index contributed by atoms with van der Waals surface area (Å²) in [6.45, 7) is 0. The van der Waals surface area contributed by atoms with E-state index in [-0.39, 0.29) is 12.0 Å². The summed E-state index contributed by atoms with van der Waals surface area (Å²) < 4.78 is 4.84. The lowest BCUT2D eigenvalue weighted by Gasteiger charge is -2.30. The minimum absolute atomic E-state index is 0.163. The van der Waals surface area contributed by atoms with Gasteiger partial charge in [0.15, 0.2) is 0 Å². The van der Waals surface area contributed by atoms with Gasteiger partial charge in [0.1, 0.15) is 0 Å². The number of benzene rings is 7. The average Bonchev–Trinajstić information content (AvgIpc) is 3.84. The highest BCUT2D eigenvalue weighted by atomic mass is 15.2. The number of para-hydroxylation sites is 5. The van der Waals surface area contributed by atoms with Crippen LogP contribution in [0.4, 0.5) is 11.4 Å². The maximum atomic E-state index is 2.59. The molecule has 3 nitrogen and oxygen atoms in total. The van der Waals surface area contributed by atoms with Crippen molar-refractivity contribution in [1.29, 1.82) is 0 Å². The molecule has 2 unspecified atom stereocenters. The number of rotatable bonds is 4. The molecule has 0 N–H and O–H groups in total. The predicted molar refractivity (Wildman–Crippen MR) is 214 cm³/mol. The molecule has 0 saturated carbocycles. The van der Waals surface area contributed by atoms with Crippen LogP contribution >= 0.6 is 0 Å². The summed E-state index contributed by atoms with van der Waals surface area (Å²) in [7, 11) is 0. The Labute approximate surface area is 296 Å². The highest BCUT2D eigenvalue weighted by Gasteiger charge is 2.40. The highest BCUT2D eigenvalue weighted by molar-refractivity contribution is 6.14. The molecular weight excluding hydrogens is 619 g/mol. The van der Waals surface area contributed by atoms with Gasteiger partial charge in [-0.1, -0.05) is 127 Å². The highest BCUT2D eigenvalue weighted by Crippen LogP contribution is 2.54. The lowest BCUT2D eigenvalue weighted by Crippen LogP contribution is -2.28. The molecule has 9 aromatic rings. The predicted octanol–water partition coefficient (Wildman–Crippen LogP) is 12.3. The molecule has 11 rings (SSSR count). The van der Waals surface area contributed by atoms with E-state index in [2.05, 4.69) is 202 Å². The summed E-state index contributed by atoms with van der Waals surface area (Å²) in [5, 5.41) is 5.19. The first kappa shape index (κ1) is 28.3. The number of allylic oxidation sites excluding steroid dienone is 2. The molecule has 2 atom stereocenters. The zero-order valence-electron chi connectivity index (χ0n) is 27.9. The van der Waals surface area contributed by atoms with Crippen LogP contribution in [0.5, 0.6) is 0 Å². The van der Waals surface area contributed by atoms with E-state index in [0.717, 1.165) is 5.69 Å². The Morgan fingerprint density at radius 2 is 1.02 bits per heavy atom. The van der Waals surface area contributed by atoms with Crippen LogP contribution in [-0.4, -0.2) is 15.2 Å². The smallest absolute Gasteiger partial charge is 0.0630 e. The second-order valence-electron chi connectivity index (χ2n) is 13.7. The minimum atomic E-state index is 0.163. The van der Waals surface area contributed by atoms with Gasteiger partial charge in [0.2, 0.25) is 0 Å². The number of fused-ring (bicyclic) bond motifs is 10. The normalized spacial score (nSPS) is 16.4. The second-order valence-corrected chi connectivity index (χ2v) is 13.7. The third-order valence-electron chi connectivity index (χ3n) is 11.0.